The molecule has 0 aromatic heterocycles. The summed E-state index contributed by atoms with van der Waals surface area (Å²) >= 11 is 0. The molecule has 1 saturated carbocycles. The summed E-state index contributed by atoms with van der Waals surface area (Å²) in [6.45, 7) is 15.0. The molecule has 2 aliphatic rings. The highest BCUT2D eigenvalue weighted by molar-refractivity contribution is 6.74. The third-order valence-corrected chi connectivity index (χ3v) is 10.8. The molecule has 0 radical (unpaired) electrons. The number of carbonyl (C=O) groups is 1. The molecule has 2 rings (SSSR count). The van der Waals surface area contributed by atoms with Gasteiger partial charge in [0, 0.05) is 11.5 Å². The maximum Gasteiger partial charge on any atom is 0.409 e. The largest absolute Gasteiger partial charge is 0.465 e. The molecule has 2 fully saturated rings. The van der Waals surface area contributed by atoms with Crippen LogP contribution in [-0.2, 0) is 9.16 Å². The third kappa shape index (κ3) is 4.77. The Labute approximate surface area is 163 Å². The van der Waals surface area contributed by atoms with E-state index in [0.29, 0.717) is 12.5 Å². The van der Waals surface area contributed by atoms with Crippen molar-refractivity contribution < 1.29 is 19.1 Å². The molecule has 27 heavy (non-hydrogen) atoms. The molecular formula is C18H34N4O4Si. The average Bonchev–Trinajstić information content (AvgIpc) is 3.28. The van der Waals surface area contributed by atoms with Gasteiger partial charge in [0.25, 0.3) is 0 Å². The minimum absolute atomic E-state index is 0.000579. The zero-order valence-corrected chi connectivity index (χ0v) is 18.6. The first-order chi connectivity index (χ1) is 12.3. The van der Waals surface area contributed by atoms with Gasteiger partial charge in [0.15, 0.2) is 8.32 Å². The van der Waals surface area contributed by atoms with E-state index in [0.717, 1.165) is 12.8 Å². The van der Waals surface area contributed by atoms with E-state index < -0.39 is 26.2 Å². The lowest BCUT2D eigenvalue weighted by Crippen LogP contribution is -2.58. The van der Waals surface area contributed by atoms with Gasteiger partial charge in [-0.2, -0.15) is 0 Å². The molecule has 0 aromatic carbocycles. The summed E-state index contributed by atoms with van der Waals surface area (Å²) in [7, 11) is -2.18. The molecule has 1 N–H and O–H groups in total. The van der Waals surface area contributed by atoms with Crippen LogP contribution >= 0.6 is 0 Å². The van der Waals surface area contributed by atoms with Crippen molar-refractivity contribution in [1.29, 1.82) is 0 Å². The summed E-state index contributed by atoms with van der Waals surface area (Å²) in [6, 6.07) is -0.411. The van der Waals surface area contributed by atoms with Gasteiger partial charge in [0.2, 0.25) is 0 Å². The lowest BCUT2D eigenvalue weighted by molar-refractivity contribution is -0.0488. The summed E-state index contributed by atoms with van der Waals surface area (Å²) in [5.74, 6) is 0.406. The predicted molar refractivity (Wildman–Crippen MR) is 106 cm³/mol. The zero-order valence-electron chi connectivity index (χ0n) is 17.6. The molecule has 1 aliphatic carbocycles. The smallest absolute Gasteiger partial charge is 0.409 e. The van der Waals surface area contributed by atoms with E-state index in [1.165, 1.54) is 4.90 Å². The first-order valence-corrected chi connectivity index (χ1v) is 12.6. The molecule has 1 saturated heterocycles. The van der Waals surface area contributed by atoms with Crippen LogP contribution in [0.3, 0.4) is 0 Å². The Kier molecular flexibility index (Phi) is 6.21. The van der Waals surface area contributed by atoms with Gasteiger partial charge in [-0.05, 0) is 62.2 Å². The van der Waals surface area contributed by atoms with Crippen molar-refractivity contribution in [2.24, 2.45) is 17.0 Å². The number of azide groups is 1. The predicted octanol–water partition coefficient (Wildman–Crippen LogP) is 4.83. The van der Waals surface area contributed by atoms with E-state index >= 15 is 0 Å². The fourth-order valence-electron chi connectivity index (χ4n) is 3.59. The fraction of sp³-hybridized carbons (Fsp3) is 0.944. The van der Waals surface area contributed by atoms with Crippen molar-refractivity contribution in [3.8, 4) is 0 Å². The normalized spacial score (nSPS) is 25.0. The minimum Gasteiger partial charge on any atom is -0.465 e. The van der Waals surface area contributed by atoms with E-state index in [4.69, 9.17) is 14.7 Å². The lowest BCUT2D eigenvalue weighted by atomic mass is 9.91. The van der Waals surface area contributed by atoms with Crippen molar-refractivity contribution in [3.63, 3.8) is 0 Å². The van der Waals surface area contributed by atoms with Crippen LogP contribution in [0.5, 0.6) is 0 Å². The van der Waals surface area contributed by atoms with Gasteiger partial charge in [0.1, 0.15) is 5.72 Å². The quantitative estimate of drug-likeness (QED) is 0.287. The Bertz CT molecular complexity index is 609. The van der Waals surface area contributed by atoms with E-state index in [1.807, 2.05) is 0 Å². The Morgan fingerprint density at radius 1 is 1.44 bits per heavy atom. The molecule has 154 valence electrons. The van der Waals surface area contributed by atoms with Gasteiger partial charge in [-0.25, -0.2) is 4.79 Å². The van der Waals surface area contributed by atoms with Gasteiger partial charge in [-0.1, -0.05) is 25.9 Å². The molecule has 9 heteroatoms. The van der Waals surface area contributed by atoms with Crippen LogP contribution in [0.2, 0.25) is 18.1 Å². The lowest BCUT2D eigenvalue weighted by Gasteiger charge is -2.45. The van der Waals surface area contributed by atoms with Crippen molar-refractivity contribution in [1.82, 2.24) is 4.90 Å². The van der Waals surface area contributed by atoms with Crippen molar-refractivity contribution in [2.75, 3.05) is 13.2 Å². The molecule has 0 aromatic rings. The Balaban J connectivity index is 2.42. The number of amides is 1. The molecule has 0 spiro atoms. The molecule has 2 unspecified atom stereocenters. The highest BCUT2D eigenvalue weighted by Gasteiger charge is 2.53. The van der Waals surface area contributed by atoms with Gasteiger partial charge >= 0.3 is 6.09 Å². The van der Waals surface area contributed by atoms with Crippen molar-refractivity contribution in [3.05, 3.63) is 10.4 Å². The van der Waals surface area contributed by atoms with E-state index in [2.05, 4.69) is 43.9 Å². The molecule has 1 aliphatic heterocycles. The van der Waals surface area contributed by atoms with Crippen LogP contribution < -0.4 is 0 Å². The number of rotatable bonds is 7. The van der Waals surface area contributed by atoms with Crippen LogP contribution in [0.25, 0.3) is 10.4 Å². The van der Waals surface area contributed by atoms with E-state index in [1.54, 1.807) is 13.8 Å². The van der Waals surface area contributed by atoms with E-state index in [-0.39, 0.29) is 23.7 Å². The Morgan fingerprint density at radius 3 is 2.48 bits per heavy atom. The highest BCUT2D eigenvalue weighted by Crippen LogP contribution is 2.46. The summed E-state index contributed by atoms with van der Waals surface area (Å²) < 4.78 is 12.6. The number of nitrogens with zero attached hydrogens (tertiary/aromatic N) is 4. The topological polar surface area (TPSA) is 108 Å². The first kappa shape index (κ1) is 22.0. The maximum atomic E-state index is 12.0. The molecule has 1 heterocycles. The molecule has 3 atom stereocenters. The van der Waals surface area contributed by atoms with Gasteiger partial charge in [-0.3, -0.25) is 4.90 Å². The summed E-state index contributed by atoms with van der Waals surface area (Å²) in [5, 5.41) is 13.7. The summed E-state index contributed by atoms with van der Waals surface area (Å²) in [4.78, 5) is 16.4. The van der Waals surface area contributed by atoms with Crippen molar-refractivity contribution >= 4 is 14.4 Å². The van der Waals surface area contributed by atoms with Crippen molar-refractivity contribution in [2.45, 2.75) is 83.5 Å². The number of carboxylic acid groups (broad SMARTS) is 1. The van der Waals surface area contributed by atoms with Crippen LogP contribution in [0.15, 0.2) is 5.11 Å². The van der Waals surface area contributed by atoms with Gasteiger partial charge in [0.05, 0.1) is 18.8 Å². The second-order valence-corrected chi connectivity index (χ2v) is 14.5. The van der Waals surface area contributed by atoms with Crippen LogP contribution in [0, 0.1) is 11.8 Å². The molecular weight excluding hydrogens is 364 g/mol. The van der Waals surface area contributed by atoms with Crippen LogP contribution in [0.4, 0.5) is 4.79 Å². The fourth-order valence-corrected chi connectivity index (χ4v) is 4.96. The second-order valence-electron chi connectivity index (χ2n) is 9.74. The minimum atomic E-state index is -2.18. The van der Waals surface area contributed by atoms with Crippen LogP contribution in [-0.4, -0.2) is 55.4 Å². The number of ether oxygens (including phenoxy) is 1. The monoisotopic (exact) mass is 398 g/mol. The average molecular weight is 399 g/mol. The molecule has 1 amide bonds. The number of hydrogen-bond donors (Lipinski definition) is 1. The third-order valence-electron chi connectivity index (χ3n) is 6.35. The summed E-state index contributed by atoms with van der Waals surface area (Å²) in [5.41, 5.74) is 7.94. The van der Waals surface area contributed by atoms with Crippen LogP contribution in [0.1, 0.15) is 47.5 Å². The highest BCUT2D eigenvalue weighted by atomic mass is 28.4. The Hall–Kier alpha value is -1.28. The van der Waals surface area contributed by atoms with Gasteiger partial charge in [-0.15, -0.1) is 0 Å². The molecule has 0 bridgehead atoms. The Morgan fingerprint density at radius 2 is 2.04 bits per heavy atom. The summed E-state index contributed by atoms with van der Waals surface area (Å²) in [6.07, 6.45) is 0.770. The SMILES string of the molecule is CC1(C)OC[C@H](C(O[Si](C)(C)C(C)(C)C)C(CN=[N+]=[N-])C2CC2)N1C(=O)O. The number of hydrogen-bond acceptors (Lipinski definition) is 4. The molecule has 8 nitrogen and oxygen atoms in total. The standard InChI is InChI=1S/C18H34N4O4Si/c1-17(2,3)27(6,7)26-15(13(10-20-21-19)12-8-9-12)14-11-25-18(4,5)22(14)16(23)24/h12-15H,8-11H2,1-7H3,(H,23,24)/t13?,14-,15?/m1/s1. The second kappa shape index (κ2) is 7.62. The zero-order chi connectivity index (χ0) is 20.6. The van der Waals surface area contributed by atoms with Gasteiger partial charge < -0.3 is 14.3 Å². The maximum absolute atomic E-state index is 12.0. The van der Waals surface area contributed by atoms with E-state index in [9.17, 15) is 9.90 Å². The first-order valence-electron chi connectivity index (χ1n) is 9.66.